The second-order valence-corrected chi connectivity index (χ2v) is 6.26. The largest absolute Gasteiger partial charge is 0.493 e. The van der Waals surface area contributed by atoms with E-state index in [9.17, 15) is 19.5 Å². The Balaban J connectivity index is 1.81. The van der Waals surface area contributed by atoms with E-state index in [2.05, 4.69) is 9.97 Å². The third kappa shape index (κ3) is 5.00. The maximum atomic E-state index is 12.5. The molecule has 2 aromatic carbocycles. The molecule has 2 amide bonds. The van der Waals surface area contributed by atoms with E-state index < -0.39 is 36.0 Å². The number of carbonyl (C=O) groups is 3. The van der Waals surface area contributed by atoms with Crippen LogP contribution in [0.5, 0.6) is 5.88 Å². The number of aromatic hydroxyl groups is 1. The van der Waals surface area contributed by atoms with Crippen molar-refractivity contribution in [3.8, 4) is 17.3 Å². The van der Waals surface area contributed by atoms with Gasteiger partial charge in [0.2, 0.25) is 11.8 Å². The number of carboxylic acids is 1. The van der Waals surface area contributed by atoms with Gasteiger partial charge in [0, 0.05) is 11.8 Å². The van der Waals surface area contributed by atoms with Gasteiger partial charge in [-0.1, -0.05) is 30.3 Å². The maximum Gasteiger partial charge on any atom is 0.421 e. The van der Waals surface area contributed by atoms with Crippen LogP contribution in [-0.4, -0.2) is 44.7 Å². The summed E-state index contributed by atoms with van der Waals surface area (Å²) in [7, 11) is 0. The van der Waals surface area contributed by atoms with Gasteiger partial charge in [0.15, 0.2) is 5.82 Å². The molecule has 10 nitrogen and oxygen atoms in total. The summed E-state index contributed by atoms with van der Waals surface area (Å²) >= 11 is 0. The number of carboxylic acid groups (broad SMARTS) is 1. The third-order valence-electron chi connectivity index (χ3n) is 4.19. The maximum absolute atomic E-state index is 12.5. The quantitative estimate of drug-likeness (QED) is 0.542. The Kier molecular flexibility index (Phi) is 6.53. The highest BCUT2D eigenvalue weighted by atomic mass is 16.6. The molecule has 3 rings (SSSR count). The fourth-order valence-electron chi connectivity index (χ4n) is 2.65. The zero-order valence-electron chi connectivity index (χ0n) is 16.1. The van der Waals surface area contributed by atoms with Crippen molar-refractivity contribution < 1.29 is 29.3 Å². The van der Waals surface area contributed by atoms with Gasteiger partial charge in [-0.3, -0.25) is 4.79 Å². The van der Waals surface area contributed by atoms with E-state index in [1.165, 1.54) is 24.3 Å². The Bertz CT molecular complexity index is 1100. The number of nitrogens with zero attached hydrogens (tertiary/aromatic N) is 3. The molecule has 0 radical (unpaired) electrons. The van der Waals surface area contributed by atoms with Crippen LogP contribution in [0.1, 0.15) is 15.9 Å². The summed E-state index contributed by atoms with van der Waals surface area (Å²) in [5.41, 5.74) is 6.40. The Hall–Kier alpha value is -4.31. The lowest BCUT2D eigenvalue weighted by molar-refractivity contribution is -0.116. The zero-order valence-corrected chi connectivity index (χ0v) is 16.1. The number of nitrogens with two attached hydrogens (primary N) is 1. The molecule has 0 aliphatic rings. The number of carbonyl (C=O) groups excluding carboxylic acids is 2. The van der Waals surface area contributed by atoms with E-state index in [0.717, 1.165) is 16.7 Å². The van der Waals surface area contributed by atoms with Gasteiger partial charge in [-0.15, -0.1) is 0 Å². The van der Waals surface area contributed by atoms with Gasteiger partial charge < -0.3 is 20.7 Å². The van der Waals surface area contributed by atoms with Crippen LogP contribution in [0, 0.1) is 0 Å². The van der Waals surface area contributed by atoms with Crippen molar-refractivity contribution in [3.05, 3.63) is 71.9 Å². The predicted octanol–water partition coefficient (Wildman–Crippen LogP) is 2.18. The molecule has 10 heteroatoms. The lowest BCUT2D eigenvalue weighted by atomic mass is 10.1. The van der Waals surface area contributed by atoms with Crippen molar-refractivity contribution in [1.82, 2.24) is 9.97 Å². The number of amides is 2. The summed E-state index contributed by atoms with van der Waals surface area (Å²) in [5, 5.41) is 18.7. The SMILES string of the molecule is NCC(=O)N(C(=O)OCc1ccccc1)c1ccc(-c2ncc(C(=O)O)c(O)n2)cc1. The first kappa shape index (κ1) is 21.4. The molecule has 4 N–H and O–H groups in total. The topological polar surface area (TPSA) is 156 Å². The fraction of sp³-hybridized carbons (Fsp3) is 0.0952. The van der Waals surface area contributed by atoms with Crippen molar-refractivity contribution >= 4 is 23.7 Å². The number of anilines is 1. The first-order valence-electron chi connectivity index (χ1n) is 9.04. The van der Waals surface area contributed by atoms with E-state index in [1.807, 2.05) is 6.07 Å². The molecule has 3 aromatic rings. The van der Waals surface area contributed by atoms with Crippen LogP contribution >= 0.6 is 0 Å². The molecule has 0 bridgehead atoms. The highest BCUT2D eigenvalue weighted by Gasteiger charge is 2.24. The third-order valence-corrected chi connectivity index (χ3v) is 4.19. The molecule has 0 unspecified atom stereocenters. The van der Waals surface area contributed by atoms with Crippen LogP contribution < -0.4 is 10.6 Å². The van der Waals surface area contributed by atoms with Crippen LogP contribution in [0.25, 0.3) is 11.4 Å². The van der Waals surface area contributed by atoms with Gasteiger partial charge in [0.1, 0.15) is 12.2 Å². The second-order valence-electron chi connectivity index (χ2n) is 6.26. The van der Waals surface area contributed by atoms with E-state index in [4.69, 9.17) is 15.6 Å². The highest BCUT2D eigenvalue weighted by molar-refractivity contribution is 6.13. The summed E-state index contributed by atoms with van der Waals surface area (Å²) in [6.07, 6.45) is 0.103. The van der Waals surface area contributed by atoms with Crippen molar-refractivity contribution in [2.24, 2.45) is 5.73 Å². The van der Waals surface area contributed by atoms with E-state index >= 15 is 0 Å². The van der Waals surface area contributed by atoms with Crippen molar-refractivity contribution in [2.75, 3.05) is 11.4 Å². The molecular formula is C21H18N4O6. The Morgan fingerprint density at radius 3 is 2.29 bits per heavy atom. The summed E-state index contributed by atoms with van der Waals surface area (Å²) in [5.74, 6) is -2.63. The average molecular weight is 422 g/mol. The normalized spacial score (nSPS) is 10.4. The molecule has 0 fully saturated rings. The number of benzene rings is 2. The molecule has 0 aliphatic heterocycles. The Morgan fingerprint density at radius 1 is 1.03 bits per heavy atom. The molecule has 0 atom stereocenters. The first-order chi connectivity index (χ1) is 14.9. The van der Waals surface area contributed by atoms with Crippen LogP contribution in [0.4, 0.5) is 10.5 Å². The highest BCUT2D eigenvalue weighted by Crippen LogP contribution is 2.24. The number of ether oxygens (including phenoxy) is 1. The van der Waals surface area contributed by atoms with Crippen molar-refractivity contribution in [1.29, 1.82) is 0 Å². The summed E-state index contributed by atoms with van der Waals surface area (Å²) in [4.78, 5) is 44.2. The smallest absolute Gasteiger partial charge is 0.421 e. The molecular weight excluding hydrogens is 404 g/mol. The molecule has 1 heterocycles. The minimum Gasteiger partial charge on any atom is -0.493 e. The standard InChI is InChI=1S/C21H18N4O6/c22-10-17(26)25(21(30)31-12-13-4-2-1-3-5-13)15-8-6-14(7-9-15)18-23-11-16(20(28)29)19(27)24-18/h1-9,11H,10,12,22H2,(H,28,29)(H,23,24,27). The van der Waals surface area contributed by atoms with Crippen LogP contribution in [-0.2, 0) is 16.1 Å². The van der Waals surface area contributed by atoms with Crippen molar-refractivity contribution in [3.63, 3.8) is 0 Å². The van der Waals surface area contributed by atoms with Gasteiger partial charge in [0.05, 0.1) is 12.2 Å². The minimum atomic E-state index is -1.36. The van der Waals surface area contributed by atoms with Gasteiger partial charge in [-0.05, 0) is 29.8 Å². The predicted molar refractivity (Wildman–Crippen MR) is 109 cm³/mol. The van der Waals surface area contributed by atoms with Crippen molar-refractivity contribution in [2.45, 2.75) is 6.61 Å². The second kappa shape index (κ2) is 9.46. The summed E-state index contributed by atoms with van der Waals surface area (Å²) in [6.45, 7) is -0.426. The number of hydrogen-bond donors (Lipinski definition) is 3. The van der Waals surface area contributed by atoms with Gasteiger partial charge in [-0.2, -0.15) is 4.98 Å². The minimum absolute atomic E-state index is 0.0187. The summed E-state index contributed by atoms with van der Waals surface area (Å²) < 4.78 is 5.23. The van der Waals surface area contributed by atoms with E-state index in [-0.39, 0.29) is 18.1 Å². The molecule has 0 saturated carbocycles. The molecule has 0 aliphatic carbocycles. The van der Waals surface area contributed by atoms with E-state index in [0.29, 0.717) is 5.56 Å². The molecule has 158 valence electrons. The van der Waals surface area contributed by atoms with E-state index in [1.54, 1.807) is 24.3 Å². The number of hydrogen-bond acceptors (Lipinski definition) is 8. The van der Waals surface area contributed by atoms with Crippen LogP contribution in [0.2, 0.25) is 0 Å². The molecule has 1 aromatic heterocycles. The number of aromatic nitrogens is 2. The van der Waals surface area contributed by atoms with Crippen LogP contribution in [0.3, 0.4) is 0 Å². The lowest BCUT2D eigenvalue weighted by Gasteiger charge is -2.20. The number of rotatable bonds is 6. The van der Waals surface area contributed by atoms with Gasteiger partial charge in [0.25, 0.3) is 0 Å². The zero-order chi connectivity index (χ0) is 22.4. The van der Waals surface area contributed by atoms with Gasteiger partial charge in [-0.25, -0.2) is 19.5 Å². The number of aromatic carboxylic acids is 1. The molecule has 31 heavy (non-hydrogen) atoms. The van der Waals surface area contributed by atoms with Crippen LogP contribution in [0.15, 0.2) is 60.8 Å². The monoisotopic (exact) mass is 422 g/mol. The first-order valence-corrected chi connectivity index (χ1v) is 9.04. The summed E-state index contributed by atoms with van der Waals surface area (Å²) in [6, 6.07) is 14.9. The Labute approximate surface area is 176 Å². The molecule has 0 saturated heterocycles. The molecule has 0 spiro atoms. The average Bonchev–Trinajstić information content (AvgIpc) is 2.78. The lowest BCUT2D eigenvalue weighted by Crippen LogP contribution is -2.41. The number of imide groups is 1. The Morgan fingerprint density at radius 2 is 1.71 bits per heavy atom. The fourth-order valence-corrected chi connectivity index (χ4v) is 2.65. The van der Waals surface area contributed by atoms with Gasteiger partial charge >= 0.3 is 12.1 Å².